The van der Waals surface area contributed by atoms with Crippen LogP contribution in [0.4, 0.5) is 18.9 Å². The van der Waals surface area contributed by atoms with Gasteiger partial charge in [0.05, 0.1) is 11.4 Å². The van der Waals surface area contributed by atoms with E-state index in [4.69, 9.17) is 0 Å². The van der Waals surface area contributed by atoms with Gasteiger partial charge in [0.15, 0.2) is 0 Å². The van der Waals surface area contributed by atoms with Gasteiger partial charge in [-0.15, -0.1) is 0 Å². The Bertz CT molecular complexity index is 699. The maximum atomic E-state index is 12.0. The van der Waals surface area contributed by atoms with Crippen LogP contribution in [0.2, 0.25) is 0 Å². The number of aromatic nitrogens is 2. The van der Waals surface area contributed by atoms with Gasteiger partial charge in [-0.1, -0.05) is 12.1 Å². The predicted octanol–water partition coefficient (Wildman–Crippen LogP) is 1.89. The number of aromatic amines is 1. The van der Waals surface area contributed by atoms with Crippen LogP contribution in [0.5, 0.6) is 0 Å². The van der Waals surface area contributed by atoms with Crippen molar-refractivity contribution in [3.8, 4) is 11.3 Å². The smallest absolute Gasteiger partial charge is 0.278 e. The zero-order valence-electron chi connectivity index (χ0n) is 10.5. The number of H-pyrrole nitrogens is 1. The summed E-state index contributed by atoms with van der Waals surface area (Å²) >= 11 is 0. The summed E-state index contributed by atoms with van der Waals surface area (Å²) < 4.78 is 62.5. The molecule has 0 saturated carbocycles. The molecular formula is C11H11F3N4O2S. The number of benzene rings is 1. The first kappa shape index (κ1) is 15.3. The SMILES string of the molecule is O=S(=O)(NCC(F)(F)F)Nc1cccc(-c2ccn[nH]2)c1. The fraction of sp³-hybridized carbons (Fsp3) is 0.182. The van der Waals surface area contributed by atoms with Gasteiger partial charge in [-0.2, -0.15) is 31.4 Å². The Kier molecular flexibility index (Phi) is 4.19. The molecule has 114 valence electrons. The molecule has 3 N–H and O–H groups in total. The van der Waals surface area contributed by atoms with Crippen LogP contribution in [0.15, 0.2) is 36.5 Å². The summed E-state index contributed by atoms with van der Waals surface area (Å²) in [6.45, 7) is -1.64. The molecule has 0 aliphatic heterocycles. The standard InChI is InChI=1S/C11H11F3N4O2S/c12-11(13,14)7-16-21(19,20)18-9-3-1-2-8(6-9)10-4-5-15-17-10/h1-6,16,18H,7H2,(H,15,17). The van der Waals surface area contributed by atoms with Crippen LogP contribution in [0.3, 0.4) is 0 Å². The normalized spacial score (nSPS) is 12.3. The molecule has 0 amide bonds. The quantitative estimate of drug-likeness (QED) is 0.786. The highest BCUT2D eigenvalue weighted by molar-refractivity contribution is 7.90. The van der Waals surface area contributed by atoms with E-state index in [1.165, 1.54) is 23.1 Å². The van der Waals surface area contributed by atoms with Gasteiger partial charge in [0.25, 0.3) is 10.2 Å². The topological polar surface area (TPSA) is 86.9 Å². The lowest BCUT2D eigenvalue weighted by molar-refractivity contribution is -0.121. The van der Waals surface area contributed by atoms with E-state index in [0.717, 1.165) is 0 Å². The third-order valence-corrected chi connectivity index (χ3v) is 3.42. The Morgan fingerprint density at radius 1 is 1.24 bits per heavy atom. The molecule has 2 rings (SSSR count). The molecule has 1 heterocycles. The minimum absolute atomic E-state index is 0.136. The van der Waals surface area contributed by atoms with Crippen LogP contribution in [0, 0.1) is 0 Å². The molecule has 10 heteroatoms. The maximum absolute atomic E-state index is 12.0. The van der Waals surface area contributed by atoms with E-state index < -0.39 is 22.9 Å². The van der Waals surface area contributed by atoms with Crippen LogP contribution in [-0.4, -0.2) is 31.3 Å². The van der Waals surface area contributed by atoms with E-state index in [1.54, 1.807) is 18.2 Å². The average Bonchev–Trinajstić information content (AvgIpc) is 2.89. The van der Waals surface area contributed by atoms with Crippen molar-refractivity contribution in [1.82, 2.24) is 14.9 Å². The summed E-state index contributed by atoms with van der Waals surface area (Å²) in [5.74, 6) is 0. The molecule has 0 spiro atoms. The van der Waals surface area contributed by atoms with Crippen molar-refractivity contribution < 1.29 is 21.6 Å². The molecule has 0 bridgehead atoms. The number of halogens is 3. The molecule has 0 unspecified atom stereocenters. The van der Waals surface area contributed by atoms with E-state index in [0.29, 0.717) is 11.3 Å². The Morgan fingerprint density at radius 3 is 2.62 bits per heavy atom. The molecule has 2 aromatic rings. The highest BCUT2D eigenvalue weighted by atomic mass is 32.2. The Hall–Kier alpha value is -2.07. The Balaban J connectivity index is 2.11. The molecular weight excluding hydrogens is 309 g/mol. The second-order valence-electron chi connectivity index (χ2n) is 4.09. The third-order valence-electron chi connectivity index (χ3n) is 2.39. The Labute approximate surface area is 118 Å². The second kappa shape index (κ2) is 5.74. The number of alkyl halides is 3. The molecule has 0 saturated heterocycles. The number of anilines is 1. The van der Waals surface area contributed by atoms with E-state index in [9.17, 15) is 21.6 Å². The largest absolute Gasteiger partial charge is 0.402 e. The third kappa shape index (κ3) is 4.76. The fourth-order valence-electron chi connectivity index (χ4n) is 1.53. The zero-order valence-corrected chi connectivity index (χ0v) is 11.3. The lowest BCUT2D eigenvalue weighted by atomic mass is 10.1. The van der Waals surface area contributed by atoms with Crippen LogP contribution in [0.25, 0.3) is 11.3 Å². The zero-order chi connectivity index (χ0) is 15.5. The summed E-state index contributed by atoms with van der Waals surface area (Å²) in [6, 6.07) is 7.84. The van der Waals surface area contributed by atoms with Gasteiger partial charge in [0.1, 0.15) is 6.54 Å². The highest BCUT2D eigenvalue weighted by Crippen LogP contribution is 2.21. The van der Waals surface area contributed by atoms with Crippen molar-refractivity contribution in [3.05, 3.63) is 36.5 Å². The van der Waals surface area contributed by atoms with Crippen molar-refractivity contribution >= 4 is 15.9 Å². The lowest BCUT2D eigenvalue weighted by Gasteiger charge is -2.11. The van der Waals surface area contributed by atoms with Crippen LogP contribution in [0.1, 0.15) is 0 Å². The molecule has 0 fully saturated rings. The second-order valence-corrected chi connectivity index (χ2v) is 5.59. The number of nitrogens with one attached hydrogen (secondary N) is 3. The van der Waals surface area contributed by atoms with Gasteiger partial charge in [0.2, 0.25) is 0 Å². The molecule has 0 aliphatic carbocycles. The Morgan fingerprint density at radius 2 is 2.00 bits per heavy atom. The highest BCUT2D eigenvalue weighted by Gasteiger charge is 2.29. The van der Waals surface area contributed by atoms with Crippen molar-refractivity contribution in [2.45, 2.75) is 6.18 Å². The number of hydrogen-bond acceptors (Lipinski definition) is 3. The maximum Gasteiger partial charge on any atom is 0.402 e. The number of nitrogens with zero attached hydrogens (tertiary/aromatic N) is 1. The number of hydrogen-bond donors (Lipinski definition) is 3. The van der Waals surface area contributed by atoms with Gasteiger partial charge in [-0.3, -0.25) is 9.82 Å². The van der Waals surface area contributed by atoms with E-state index in [1.807, 2.05) is 4.72 Å². The van der Waals surface area contributed by atoms with Crippen molar-refractivity contribution in [2.75, 3.05) is 11.3 Å². The molecule has 0 radical (unpaired) electrons. The first-order valence-corrected chi connectivity index (χ1v) is 7.17. The molecule has 6 nitrogen and oxygen atoms in total. The van der Waals surface area contributed by atoms with Crippen LogP contribution >= 0.6 is 0 Å². The summed E-state index contributed by atoms with van der Waals surface area (Å²) in [5.41, 5.74) is 1.43. The minimum Gasteiger partial charge on any atom is -0.278 e. The number of rotatable bonds is 5. The summed E-state index contributed by atoms with van der Waals surface area (Å²) in [4.78, 5) is 0. The van der Waals surface area contributed by atoms with Gasteiger partial charge >= 0.3 is 6.18 Å². The van der Waals surface area contributed by atoms with Crippen molar-refractivity contribution in [1.29, 1.82) is 0 Å². The molecule has 1 aromatic carbocycles. The molecule has 21 heavy (non-hydrogen) atoms. The first-order valence-electron chi connectivity index (χ1n) is 5.69. The lowest BCUT2D eigenvalue weighted by Crippen LogP contribution is -2.37. The van der Waals surface area contributed by atoms with E-state index in [-0.39, 0.29) is 5.69 Å². The predicted molar refractivity (Wildman–Crippen MR) is 70.6 cm³/mol. The van der Waals surface area contributed by atoms with Crippen LogP contribution in [-0.2, 0) is 10.2 Å². The van der Waals surface area contributed by atoms with Crippen molar-refractivity contribution in [3.63, 3.8) is 0 Å². The molecule has 0 atom stereocenters. The summed E-state index contributed by atoms with van der Waals surface area (Å²) in [7, 11) is -4.30. The molecule has 0 aliphatic rings. The summed E-state index contributed by atoms with van der Waals surface area (Å²) in [6.07, 6.45) is -3.09. The van der Waals surface area contributed by atoms with Gasteiger partial charge in [0, 0.05) is 11.8 Å². The van der Waals surface area contributed by atoms with Crippen LogP contribution < -0.4 is 9.44 Å². The average molecular weight is 320 g/mol. The first-order chi connectivity index (χ1) is 9.75. The van der Waals surface area contributed by atoms with Gasteiger partial charge < -0.3 is 0 Å². The monoisotopic (exact) mass is 320 g/mol. The van der Waals surface area contributed by atoms with Gasteiger partial charge in [-0.25, -0.2) is 0 Å². The van der Waals surface area contributed by atoms with Crippen molar-refractivity contribution in [2.24, 2.45) is 0 Å². The minimum atomic E-state index is -4.62. The van der Waals surface area contributed by atoms with E-state index in [2.05, 4.69) is 10.2 Å². The summed E-state index contributed by atoms with van der Waals surface area (Å²) in [5, 5.41) is 6.46. The molecule has 1 aromatic heterocycles. The van der Waals surface area contributed by atoms with E-state index >= 15 is 0 Å². The fourth-order valence-corrected chi connectivity index (χ4v) is 2.40. The van der Waals surface area contributed by atoms with Gasteiger partial charge in [-0.05, 0) is 18.2 Å².